The van der Waals surface area contributed by atoms with E-state index in [4.69, 9.17) is 0 Å². The van der Waals surface area contributed by atoms with Gasteiger partial charge in [0.2, 0.25) is 0 Å². The van der Waals surface area contributed by atoms with E-state index >= 15 is 0 Å². The minimum Gasteiger partial charge on any atom is -0.314 e. The van der Waals surface area contributed by atoms with Gasteiger partial charge in [0.05, 0.1) is 11.2 Å². The molecule has 7 heteroatoms. The Bertz CT molecular complexity index is 705. The first-order chi connectivity index (χ1) is 9.84. The first kappa shape index (κ1) is 14.5. The molecule has 2 heterocycles. The fourth-order valence-corrected chi connectivity index (χ4v) is 4.87. The number of hydrogen-bond acceptors (Lipinski definition) is 3. The maximum Gasteiger partial charge on any atom is 0.258 e. The van der Waals surface area contributed by atoms with E-state index in [1.54, 1.807) is 6.08 Å². The molecule has 4 nitrogen and oxygen atoms in total. The molecular formula is C14H16F2N2O2S. The second kappa shape index (κ2) is 4.78. The van der Waals surface area contributed by atoms with E-state index in [0.29, 0.717) is 19.4 Å². The molecule has 1 N–H and O–H groups in total. The molecule has 1 saturated heterocycles. The second-order valence-corrected chi connectivity index (χ2v) is 7.29. The molecule has 1 aromatic carbocycles. The first-order valence-electron chi connectivity index (χ1n) is 6.77. The van der Waals surface area contributed by atoms with Crippen molar-refractivity contribution in [3.05, 3.63) is 41.3 Å². The summed E-state index contributed by atoms with van der Waals surface area (Å²) in [7, 11) is -3.67. The number of nitrogens with zero attached hydrogens (tertiary/aromatic N) is 1. The summed E-state index contributed by atoms with van der Waals surface area (Å²) in [6.45, 7) is 2.64. The van der Waals surface area contributed by atoms with Gasteiger partial charge in [0.25, 0.3) is 10.0 Å². The van der Waals surface area contributed by atoms with Gasteiger partial charge < -0.3 is 5.32 Å². The molecule has 0 aromatic heterocycles. The summed E-state index contributed by atoms with van der Waals surface area (Å²) in [6.07, 6.45) is 2.84. The van der Waals surface area contributed by atoms with Gasteiger partial charge in [-0.3, -0.25) is 4.31 Å². The third-order valence-electron chi connectivity index (χ3n) is 4.06. The normalized spacial score (nSPS) is 31.0. The lowest BCUT2D eigenvalue weighted by Gasteiger charge is -2.43. The van der Waals surface area contributed by atoms with Crippen molar-refractivity contribution in [2.24, 2.45) is 0 Å². The van der Waals surface area contributed by atoms with Gasteiger partial charge >= 0.3 is 0 Å². The third-order valence-corrected chi connectivity index (χ3v) is 5.62. The van der Waals surface area contributed by atoms with E-state index in [1.165, 1.54) is 10.4 Å². The number of sulfonamides is 1. The summed E-state index contributed by atoms with van der Waals surface area (Å²) >= 11 is 0. The summed E-state index contributed by atoms with van der Waals surface area (Å²) in [4.78, 5) is 0. The van der Waals surface area contributed by atoms with E-state index < -0.39 is 27.2 Å². The summed E-state index contributed by atoms with van der Waals surface area (Å²) in [6, 6.07) is 3.34. The van der Waals surface area contributed by atoms with Gasteiger partial charge in [0, 0.05) is 17.5 Å². The zero-order valence-electron chi connectivity index (χ0n) is 11.5. The zero-order valence-corrected chi connectivity index (χ0v) is 12.3. The molecule has 1 spiro atoms. The standard InChI is InChI=1S/C14H16F2N2O2S/c1-10-9-14(4-6-17-10)5-7-21(19,20)18(14)11-2-3-12(15)13(16)8-11/h2-3,5,7-8,10,17H,4,6,9H2,1H3. The molecular weight excluding hydrogens is 298 g/mol. The predicted molar refractivity (Wildman–Crippen MR) is 76.3 cm³/mol. The van der Waals surface area contributed by atoms with Gasteiger partial charge in [-0.05, 0) is 44.5 Å². The van der Waals surface area contributed by atoms with Crippen molar-refractivity contribution in [3.8, 4) is 0 Å². The van der Waals surface area contributed by atoms with Crippen LogP contribution in [0.3, 0.4) is 0 Å². The largest absolute Gasteiger partial charge is 0.314 e. The molecule has 2 atom stereocenters. The van der Waals surface area contributed by atoms with Crippen LogP contribution in [0.5, 0.6) is 0 Å². The molecule has 1 aromatic rings. The molecule has 2 aliphatic rings. The Morgan fingerprint density at radius 1 is 1.33 bits per heavy atom. The third kappa shape index (κ3) is 2.34. The van der Waals surface area contributed by atoms with Crippen molar-refractivity contribution < 1.29 is 17.2 Å². The quantitative estimate of drug-likeness (QED) is 0.864. The summed E-state index contributed by atoms with van der Waals surface area (Å²) in [5, 5.41) is 4.42. The van der Waals surface area contributed by atoms with Crippen LogP contribution in [0.2, 0.25) is 0 Å². The summed E-state index contributed by atoms with van der Waals surface area (Å²) in [5.74, 6) is -2.04. The van der Waals surface area contributed by atoms with Gasteiger partial charge in [-0.1, -0.05) is 0 Å². The Morgan fingerprint density at radius 2 is 2.10 bits per heavy atom. The minimum absolute atomic E-state index is 0.143. The van der Waals surface area contributed by atoms with E-state index in [9.17, 15) is 17.2 Å². The number of anilines is 1. The highest BCUT2D eigenvalue weighted by Gasteiger charge is 2.47. The average Bonchev–Trinajstić information content (AvgIpc) is 2.65. The van der Waals surface area contributed by atoms with Crippen molar-refractivity contribution in [2.45, 2.75) is 31.3 Å². The smallest absolute Gasteiger partial charge is 0.258 e. The fraction of sp³-hybridized carbons (Fsp3) is 0.429. The van der Waals surface area contributed by atoms with Crippen LogP contribution >= 0.6 is 0 Å². The lowest BCUT2D eigenvalue weighted by molar-refractivity contribution is 0.321. The average molecular weight is 314 g/mol. The molecule has 2 aliphatic heterocycles. The van der Waals surface area contributed by atoms with Gasteiger partial charge in [0.15, 0.2) is 11.6 Å². The number of halogens is 2. The molecule has 0 radical (unpaired) electrons. The Morgan fingerprint density at radius 3 is 2.76 bits per heavy atom. The predicted octanol–water partition coefficient (Wildman–Crippen LogP) is 2.14. The summed E-state index contributed by atoms with van der Waals surface area (Å²) in [5.41, 5.74) is -0.540. The van der Waals surface area contributed by atoms with Crippen molar-refractivity contribution in [1.29, 1.82) is 0 Å². The van der Waals surface area contributed by atoms with E-state index in [2.05, 4.69) is 5.32 Å². The van der Waals surface area contributed by atoms with Gasteiger partial charge in [-0.25, -0.2) is 17.2 Å². The molecule has 0 aliphatic carbocycles. The Labute approximate surface area is 122 Å². The van der Waals surface area contributed by atoms with Crippen LogP contribution in [-0.4, -0.2) is 26.5 Å². The molecule has 1 fully saturated rings. The number of piperidine rings is 1. The zero-order chi connectivity index (χ0) is 15.3. The van der Waals surface area contributed by atoms with Crippen LogP contribution in [-0.2, 0) is 10.0 Å². The Kier molecular flexibility index (Phi) is 3.29. The van der Waals surface area contributed by atoms with Gasteiger partial charge in [-0.15, -0.1) is 0 Å². The molecule has 3 rings (SSSR count). The lowest BCUT2D eigenvalue weighted by atomic mass is 9.84. The molecule has 0 bridgehead atoms. The van der Waals surface area contributed by atoms with E-state index in [0.717, 1.165) is 17.5 Å². The topological polar surface area (TPSA) is 49.4 Å². The summed E-state index contributed by atoms with van der Waals surface area (Å²) < 4.78 is 52.5. The molecule has 0 saturated carbocycles. The highest BCUT2D eigenvalue weighted by Crippen LogP contribution is 2.41. The Hall–Kier alpha value is -1.47. The molecule has 21 heavy (non-hydrogen) atoms. The molecule has 114 valence electrons. The van der Waals surface area contributed by atoms with E-state index in [-0.39, 0.29) is 11.7 Å². The molecule has 0 amide bonds. The monoisotopic (exact) mass is 314 g/mol. The van der Waals surface area contributed by atoms with E-state index in [1.807, 2.05) is 6.92 Å². The van der Waals surface area contributed by atoms with Crippen LogP contribution in [0.15, 0.2) is 29.7 Å². The van der Waals surface area contributed by atoms with Crippen LogP contribution in [0.1, 0.15) is 19.8 Å². The number of nitrogens with one attached hydrogen (secondary N) is 1. The van der Waals surface area contributed by atoms with Crippen LogP contribution in [0, 0.1) is 11.6 Å². The highest BCUT2D eigenvalue weighted by atomic mass is 32.2. The van der Waals surface area contributed by atoms with Crippen LogP contribution in [0.25, 0.3) is 0 Å². The fourth-order valence-electron chi connectivity index (χ4n) is 3.19. The first-order valence-corrected chi connectivity index (χ1v) is 8.27. The van der Waals surface area contributed by atoms with Crippen LogP contribution < -0.4 is 9.62 Å². The maximum absolute atomic E-state index is 13.5. The number of rotatable bonds is 1. The second-order valence-electron chi connectivity index (χ2n) is 5.62. The van der Waals surface area contributed by atoms with Crippen molar-refractivity contribution >= 4 is 15.7 Å². The van der Waals surface area contributed by atoms with Gasteiger partial charge in [-0.2, -0.15) is 0 Å². The SMILES string of the molecule is CC1CC2(C=CS(=O)(=O)N2c2ccc(F)c(F)c2)CCN1. The highest BCUT2D eigenvalue weighted by molar-refractivity contribution is 7.96. The van der Waals surface area contributed by atoms with Crippen molar-refractivity contribution in [2.75, 3.05) is 10.8 Å². The van der Waals surface area contributed by atoms with Gasteiger partial charge in [0.1, 0.15) is 0 Å². The Balaban J connectivity index is 2.09. The number of hydrogen-bond donors (Lipinski definition) is 1. The van der Waals surface area contributed by atoms with Crippen molar-refractivity contribution in [3.63, 3.8) is 0 Å². The number of benzene rings is 1. The minimum atomic E-state index is -3.67. The molecule has 2 unspecified atom stereocenters. The lowest BCUT2D eigenvalue weighted by Crippen LogP contribution is -2.55. The van der Waals surface area contributed by atoms with Crippen molar-refractivity contribution in [1.82, 2.24) is 5.32 Å². The maximum atomic E-state index is 13.5. The van der Waals surface area contributed by atoms with Crippen LogP contribution in [0.4, 0.5) is 14.5 Å².